The summed E-state index contributed by atoms with van der Waals surface area (Å²) in [6.07, 6.45) is 6.77. The second kappa shape index (κ2) is 9.15. The minimum atomic E-state index is 0.290. The van der Waals surface area contributed by atoms with Gasteiger partial charge in [0.1, 0.15) is 0 Å². The molecule has 0 saturated carbocycles. The summed E-state index contributed by atoms with van der Waals surface area (Å²) in [5.41, 5.74) is 0. The summed E-state index contributed by atoms with van der Waals surface area (Å²) in [4.78, 5) is 5.14. The first kappa shape index (κ1) is 18.1. The van der Waals surface area contributed by atoms with E-state index in [0.29, 0.717) is 17.0 Å². The van der Waals surface area contributed by atoms with E-state index in [4.69, 9.17) is 16.3 Å². The Morgan fingerprint density at radius 3 is 2.79 bits per heavy atom. The molecule has 1 aromatic heterocycles. The number of halogens is 1. The number of ether oxygens (including phenoxy) is 1. The number of aliphatic hydroxyl groups is 1. The number of morpholine rings is 1. The van der Waals surface area contributed by atoms with E-state index in [2.05, 4.69) is 14.9 Å². The molecule has 0 aliphatic carbocycles. The van der Waals surface area contributed by atoms with Crippen LogP contribution in [0.4, 0.5) is 0 Å². The van der Waals surface area contributed by atoms with E-state index in [-0.39, 0.29) is 6.61 Å². The largest absolute Gasteiger partial charge is 0.396 e. The molecule has 0 spiro atoms. The quantitative estimate of drug-likeness (QED) is 0.798. The summed E-state index contributed by atoms with van der Waals surface area (Å²) < 4.78 is 7.42. The minimum absolute atomic E-state index is 0.290. The van der Waals surface area contributed by atoms with Crippen LogP contribution in [0.25, 0.3) is 0 Å². The molecule has 2 saturated heterocycles. The smallest absolute Gasteiger partial charge is 0.0785 e. The summed E-state index contributed by atoms with van der Waals surface area (Å²) in [6.45, 7) is 8.21. The molecule has 1 aromatic rings. The summed E-state index contributed by atoms with van der Waals surface area (Å²) in [7, 11) is 0. The predicted octanol–water partition coefficient (Wildman–Crippen LogP) is 1.33. The van der Waals surface area contributed by atoms with Crippen molar-refractivity contribution in [3.63, 3.8) is 0 Å². The molecular weight excluding hydrogens is 328 g/mol. The molecule has 2 fully saturated rings. The lowest BCUT2D eigenvalue weighted by molar-refractivity contribution is -0.0224. The Balaban J connectivity index is 1.53. The number of piperidine rings is 1. The first-order valence-corrected chi connectivity index (χ1v) is 9.47. The molecule has 0 bridgehead atoms. The Hall–Kier alpha value is -0.660. The normalized spacial score (nSPS) is 26.8. The van der Waals surface area contributed by atoms with Crippen molar-refractivity contribution in [1.82, 2.24) is 19.6 Å². The van der Waals surface area contributed by atoms with Gasteiger partial charge in [0.05, 0.1) is 31.0 Å². The predicted molar refractivity (Wildman–Crippen MR) is 94.3 cm³/mol. The maximum Gasteiger partial charge on any atom is 0.0785 e. The maximum atomic E-state index is 9.24. The fourth-order valence-electron chi connectivity index (χ4n) is 4.03. The van der Waals surface area contributed by atoms with Crippen molar-refractivity contribution in [2.75, 3.05) is 52.5 Å². The molecule has 24 heavy (non-hydrogen) atoms. The SMILES string of the molecule is OCCC[C@@H]1CN(CCn2cc(Cl)cn2)CC[C@@H]1N1CCOCC1. The molecule has 0 aromatic carbocycles. The van der Waals surface area contributed by atoms with Crippen molar-refractivity contribution < 1.29 is 9.84 Å². The highest BCUT2D eigenvalue weighted by Gasteiger charge is 2.33. The number of nitrogens with zero attached hydrogens (tertiary/aromatic N) is 4. The number of hydrogen-bond donors (Lipinski definition) is 1. The van der Waals surface area contributed by atoms with E-state index >= 15 is 0 Å². The Morgan fingerprint density at radius 1 is 1.25 bits per heavy atom. The zero-order valence-electron chi connectivity index (χ0n) is 14.3. The molecular formula is C17H29ClN4O2. The van der Waals surface area contributed by atoms with Crippen LogP contribution in [0.15, 0.2) is 12.4 Å². The van der Waals surface area contributed by atoms with Crippen molar-refractivity contribution in [3.8, 4) is 0 Å². The van der Waals surface area contributed by atoms with Crippen LogP contribution in [0.5, 0.6) is 0 Å². The number of rotatable bonds is 7. The van der Waals surface area contributed by atoms with Crippen LogP contribution in [0.2, 0.25) is 5.02 Å². The average molecular weight is 357 g/mol. The minimum Gasteiger partial charge on any atom is -0.396 e. The van der Waals surface area contributed by atoms with Gasteiger partial charge in [-0.3, -0.25) is 9.58 Å². The van der Waals surface area contributed by atoms with E-state index in [1.807, 2.05) is 10.9 Å². The second-order valence-corrected chi connectivity index (χ2v) is 7.29. The fourth-order valence-corrected chi connectivity index (χ4v) is 4.19. The average Bonchev–Trinajstić information content (AvgIpc) is 3.04. The molecule has 0 radical (unpaired) electrons. The molecule has 1 N–H and O–H groups in total. The number of hydrogen-bond acceptors (Lipinski definition) is 5. The van der Waals surface area contributed by atoms with Crippen molar-refractivity contribution >= 4 is 11.6 Å². The van der Waals surface area contributed by atoms with Crippen LogP contribution in [0.3, 0.4) is 0 Å². The lowest BCUT2D eigenvalue weighted by atomic mass is 9.87. The number of aromatic nitrogens is 2. The molecule has 0 unspecified atom stereocenters. The molecule has 2 aliphatic heterocycles. The summed E-state index contributed by atoms with van der Waals surface area (Å²) in [5.74, 6) is 0.630. The zero-order chi connectivity index (χ0) is 16.8. The molecule has 0 amide bonds. The molecule has 3 heterocycles. The number of likely N-dealkylation sites (tertiary alicyclic amines) is 1. The molecule has 7 heteroatoms. The van der Waals surface area contributed by atoms with Crippen LogP contribution in [-0.2, 0) is 11.3 Å². The van der Waals surface area contributed by atoms with Gasteiger partial charge in [-0.2, -0.15) is 5.10 Å². The van der Waals surface area contributed by atoms with Crippen LogP contribution in [-0.4, -0.2) is 83.3 Å². The van der Waals surface area contributed by atoms with Crippen LogP contribution >= 0.6 is 11.6 Å². The summed E-state index contributed by atoms with van der Waals surface area (Å²) in [5, 5.41) is 14.2. The molecule has 3 rings (SSSR count). The van der Waals surface area contributed by atoms with E-state index in [0.717, 1.165) is 65.3 Å². The highest BCUT2D eigenvalue weighted by atomic mass is 35.5. The van der Waals surface area contributed by atoms with Crippen molar-refractivity contribution in [1.29, 1.82) is 0 Å². The third-order valence-electron chi connectivity index (χ3n) is 5.27. The number of aliphatic hydroxyl groups excluding tert-OH is 1. The van der Waals surface area contributed by atoms with Gasteiger partial charge in [0.15, 0.2) is 0 Å². The van der Waals surface area contributed by atoms with Gasteiger partial charge in [-0.15, -0.1) is 0 Å². The summed E-state index contributed by atoms with van der Waals surface area (Å²) in [6, 6.07) is 0.635. The lowest BCUT2D eigenvalue weighted by Crippen LogP contribution is -2.54. The Labute approximate surface area is 149 Å². The fraction of sp³-hybridized carbons (Fsp3) is 0.824. The second-order valence-electron chi connectivity index (χ2n) is 6.85. The third kappa shape index (κ3) is 4.92. The Bertz CT molecular complexity index is 493. The van der Waals surface area contributed by atoms with Gasteiger partial charge < -0.3 is 14.7 Å². The summed E-state index contributed by atoms with van der Waals surface area (Å²) >= 11 is 5.93. The topological polar surface area (TPSA) is 53.8 Å². The third-order valence-corrected chi connectivity index (χ3v) is 5.47. The van der Waals surface area contributed by atoms with Gasteiger partial charge in [0.25, 0.3) is 0 Å². The van der Waals surface area contributed by atoms with Crippen LogP contribution in [0.1, 0.15) is 19.3 Å². The van der Waals surface area contributed by atoms with Gasteiger partial charge in [-0.05, 0) is 31.7 Å². The monoisotopic (exact) mass is 356 g/mol. The first-order valence-electron chi connectivity index (χ1n) is 9.09. The van der Waals surface area contributed by atoms with Gasteiger partial charge in [-0.1, -0.05) is 11.6 Å². The molecule has 136 valence electrons. The van der Waals surface area contributed by atoms with E-state index in [1.165, 1.54) is 6.42 Å². The van der Waals surface area contributed by atoms with Crippen molar-refractivity contribution in [2.24, 2.45) is 5.92 Å². The molecule has 2 aliphatic rings. The van der Waals surface area contributed by atoms with Gasteiger partial charge in [0, 0.05) is 45.0 Å². The first-order chi connectivity index (χ1) is 11.8. The van der Waals surface area contributed by atoms with Gasteiger partial charge >= 0.3 is 0 Å². The van der Waals surface area contributed by atoms with Crippen LogP contribution < -0.4 is 0 Å². The van der Waals surface area contributed by atoms with Crippen LogP contribution in [0, 0.1) is 5.92 Å². The molecule has 2 atom stereocenters. The highest BCUT2D eigenvalue weighted by molar-refractivity contribution is 6.30. The van der Waals surface area contributed by atoms with Gasteiger partial charge in [-0.25, -0.2) is 0 Å². The lowest BCUT2D eigenvalue weighted by Gasteiger charge is -2.45. The molecule has 6 nitrogen and oxygen atoms in total. The Morgan fingerprint density at radius 2 is 2.08 bits per heavy atom. The zero-order valence-corrected chi connectivity index (χ0v) is 15.1. The standard InChI is InChI=1S/C17H29ClN4O2/c18-16-12-19-22(14-16)6-5-20-4-3-17(15(13-20)2-1-9-23)21-7-10-24-11-8-21/h12,14-15,17,23H,1-11,13H2/t15-,17+/m1/s1. The highest BCUT2D eigenvalue weighted by Crippen LogP contribution is 2.27. The maximum absolute atomic E-state index is 9.24. The van der Waals surface area contributed by atoms with E-state index in [9.17, 15) is 5.11 Å². The van der Waals surface area contributed by atoms with E-state index < -0.39 is 0 Å². The van der Waals surface area contributed by atoms with E-state index in [1.54, 1.807) is 6.20 Å². The van der Waals surface area contributed by atoms with Crippen molar-refractivity contribution in [3.05, 3.63) is 17.4 Å². The Kier molecular flexibility index (Phi) is 6.92. The van der Waals surface area contributed by atoms with Gasteiger partial charge in [0.2, 0.25) is 0 Å². The van der Waals surface area contributed by atoms with Crippen molar-refractivity contribution in [2.45, 2.75) is 31.8 Å².